The highest BCUT2D eigenvalue weighted by molar-refractivity contribution is 7.81. The van der Waals surface area contributed by atoms with Crippen molar-refractivity contribution in [3.05, 3.63) is 11.8 Å². The minimum Gasteiger partial charge on any atom is -0.444 e. The first-order chi connectivity index (χ1) is 23.7. The number of hydrogen-bond donors (Lipinski definition) is 0. The first-order valence-corrected chi connectivity index (χ1v) is 20.3. The van der Waals surface area contributed by atoms with Gasteiger partial charge in [0, 0.05) is 43.1 Å². The van der Waals surface area contributed by atoms with Crippen molar-refractivity contribution in [2.45, 2.75) is 167 Å². The molecule has 0 aromatic carbocycles. The second-order valence-electron chi connectivity index (χ2n) is 16.1. The van der Waals surface area contributed by atoms with E-state index in [4.69, 9.17) is 17.7 Å². The first kappa shape index (κ1) is 38.7. The van der Waals surface area contributed by atoms with Gasteiger partial charge in [0.05, 0.1) is 6.04 Å². The normalized spacial score (nSPS) is 22.4. The Kier molecular flexibility index (Phi) is 12.1. The number of ether oxygens (including phenoxy) is 1. The molecular formula is C35H60N6O8S. The van der Waals surface area contributed by atoms with Gasteiger partial charge in [0.15, 0.2) is 0 Å². The Morgan fingerprint density at radius 1 is 0.940 bits per heavy atom. The van der Waals surface area contributed by atoms with E-state index in [2.05, 4.69) is 37.9 Å². The average molecular weight is 725 g/mol. The molecule has 1 aromatic rings. The Morgan fingerprint density at radius 2 is 1.58 bits per heavy atom. The van der Waals surface area contributed by atoms with Gasteiger partial charge in [-0.05, 0) is 72.1 Å². The molecule has 4 fully saturated rings. The van der Waals surface area contributed by atoms with Crippen molar-refractivity contribution in [1.29, 1.82) is 0 Å². The molecule has 3 saturated heterocycles. The van der Waals surface area contributed by atoms with Gasteiger partial charge in [-0.2, -0.15) is 22.8 Å². The van der Waals surface area contributed by atoms with Crippen LogP contribution < -0.4 is 0 Å². The molecule has 5 rings (SSSR count). The van der Waals surface area contributed by atoms with E-state index in [1.165, 1.54) is 0 Å². The molecule has 1 saturated carbocycles. The van der Waals surface area contributed by atoms with Crippen molar-refractivity contribution in [3.8, 4) is 0 Å². The van der Waals surface area contributed by atoms with Crippen LogP contribution in [0.5, 0.6) is 0 Å². The van der Waals surface area contributed by atoms with Gasteiger partial charge in [0.1, 0.15) is 11.6 Å². The highest BCUT2D eigenvalue weighted by atomic mass is 32.3. The van der Waals surface area contributed by atoms with Crippen molar-refractivity contribution in [2.24, 2.45) is 5.41 Å². The molecule has 4 aliphatic rings. The fourth-order valence-electron chi connectivity index (χ4n) is 8.27. The molecule has 0 unspecified atom stereocenters. The monoisotopic (exact) mass is 724 g/mol. The van der Waals surface area contributed by atoms with Crippen molar-refractivity contribution < 1.29 is 35.7 Å². The van der Waals surface area contributed by atoms with Crippen molar-refractivity contribution in [1.82, 2.24) is 30.1 Å². The van der Waals surface area contributed by atoms with Gasteiger partial charge in [-0.25, -0.2) is 9.59 Å². The van der Waals surface area contributed by atoms with Crippen LogP contribution in [0, 0.1) is 5.41 Å². The predicted octanol–water partition coefficient (Wildman–Crippen LogP) is 7.25. The molecule has 0 N–H and O–H groups in total. The lowest BCUT2D eigenvalue weighted by Gasteiger charge is -2.57. The maximum Gasteiger partial charge on any atom is 0.437 e. The summed E-state index contributed by atoms with van der Waals surface area (Å²) in [7, 11) is -4.61. The molecule has 15 heteroatoms. The smallest absolute Gasteiger partial charge is 0.437 e. The summed E-state index contributed by atoms with van der Waals surface area (Å²) in [5, 5.41) is 11.3. The van der Waals surface area contributed by atoms with Crippen LogP contribution in [0.4, 0.5) is 9.59 Å². The number of hydroxylamine groups is 4. The van der Waals surface area contributed by atoms with Gasteiger partial charge in [-0.1, -0.05) is 66.2 Å². The summed E-state index contributed by atoms with van der Waals surface area (Å²) in [6, 6.07) is -1.47. The van der Waals surface area contributed by atoms with E-state index >= 15 is 0 Å². The standard InChI is InChI=1S/C35H60N6O8S/c1-8-12-18-35(17-11-4,19-13-9-2)40(20-14-10-3)48-50(44,45)49-41-27-15-16-28(39(23-27)31(41)42)30-37-36-29(46-30)26-21-34(22-26)24-38(25-34)32(43)47-33(5,6)7/h26-28H,8-25H2,1-7H3/t27-,28-/m0/s1. The number of carbonyl (C=O) groups excluding carboxylic acids is 2. The lowest BCUT2D eigenvalue weighted by molar-refractivity contribution is -0.172. The summed E-state index contributed by atoms with van der Waals surface area (Å²) >= 11 is 0. The summed E-state index contributed by atoms with van der Waals surface area (Å²) < 4.78 is 50.2. The van der Waals surface area contributed by atoms with Crippen LogP contribution in [0.1, 0.15) is 162 Å². The molecule has 2 bridgehead atoms. The Bertz CT molecular complexity index is 1410. The fourth-order valence-corrected chi connectivity index (χ4v) is 9.14. The van der Waals surface area contributed by atoms with Crippen molar-refractivity contribution in [3.63, 3.8) is 0 Å². The maximum absolute atomic E-state index is 13.7. The summed E-state index contributed by atoms with van der Waals surface area (Å²) in [4.78, 5) is 29.3. The summed E-state index contributed by atoms with van der Waals surface area (Å²) in [5.41, 5.74) is -0.904. The quantitative estimate of drug-likeness (QED) is 0.141. The summed E-state index contributed by atoms with van der Waals surface area (Å²) in [6.07, 6.45) is 11.4. The number of hydrogen-bond acceptors (Lipinski definition) is 11. The van der Waals surface area contributed by atoms with Gasteiger partial charge in [0.2, 0.25) is 11.8 Å². The Hall–Kier alpha value is -2.49. The summed E-state index contributed by atoms with van der Waals surface area (Å²) in [5.74, 6) is 0.975. The number of urea groups is 1. The Balaban J connectivity index is 1.20. The third-order valence-corrected chi connectivity index (χ3v) is 11.5. The van der Waals surface area contributed by atoms with Crippen LogP contribution >= 0.6 is 0 Å². The van der Waals surface area contributed by atoms with Crippen molar-refractivity contribution in [2.75, 3.05) is 26.2 Å². The Labute approximate surface area is 298 Å². The van der Waals surface area contributed by atoms with Gasteiger partial charge in [0.25, 0.3) is 0 Å². The van der Waals surface area contributed by atoms with E-state index in [9.17, 15) is 18.0 Å². The van der Waals surface area contributed by atoms with Crippen LogP contribution in [-0.2, 0) is 23.7 Å². The van der Waals surface area contributed by atoms with Gasteiger partial charge in [-0.3, -0.25) is 0 Å². The van der Waals surface area contributed by atoms with Crippen LogP contribution in [-0.4, -0.2) is 94.0 Å². The number of fused-ring (bicyclic) bond motifs is 2. The number of unbranched alkanes of at least 4 members (excludes halogenated alkanes) is 3. The van der Waals surface area contributed by atoms with E-state index in [0.29, 0.717) is 44.3 Å². The van der Waals surface area contributed by atoms with E-state index < -0.39 is 39.7 Å². The van der Waals surface area contributed by atoms with Gasteiger partial charge < -0.3 is 19.0 Å². The SMILES string of the molecule is CCCCN(OS(=O)(=O)ON1C(=O)N2C[C@@H]1CC[C@H]2c1nnc(C2CC3(C2)CN(C(=O)OC(C)(C)C)C3)o1)C(CCC)(CCCC)CCCC. The predicted molar refractivity (Wildman–Crippen MR) is 186 cm³/mol. The molecular weight excluding hydrogens is 664 g/mol. The van der Waals surface area contributed by atoms with Gasteiger partial charge >= 0.3 is 22.5 Å². The van der Waals surface area contributed by atoms with E-state index in [1.807, 2.05) is 20.8 Å². The van der Waals surface area contributed by atoms with Crippen LogP contribution in [0.3, 0.4) is 0 Å². The number of likely N-dealkylation sites (tertiary alicyclic amines) is 1. The number of nitrogens with zero attached hydrogens (tertiary/aromatic N) is 6. The minimum atomic E-state index is -4.61. The van der Waals surface area contributed by atoms with Crippen LogP contribution in [0.25, 0.3) is 0 Å². The number of aromatic nitrogens is 2. The topological polar surface area (TPSA) is 148 Å². The number of rotatable bonds is 18. The molecule has 1 aliphatic carbocycles. The maximum atomic E-state index is 13.7. The zero-order valence-electron chi connectivity index (χ0n) is 31.3. The molecule has 50 heavy (non-hydrogen) atoms. The fraction of sp³-hybridized carbons (Fsp3) is 0.886. The van der Waals surface area contributed by atoms with Crippen LogP contribution in [0.2, 0.25) is 0 Å². The highest BCUT2D eigenvalue weighted by Crippen LogP contribution is 2.56. The second kappa shape index (κ2) is 15.6. The molecule has 1 aromatic heterocycles. The van der Waals surface area contributed by atoms with Gasteiger partial charge in [-0.15, -0.1) is 14.5 Å². The van der Waals surface area contributed by atoms with Crippen molar-refractivity contribution >= 4 is 22.5 Å². The zero-order chi connectivity index (χ0) is 36.3. The van der Waals surface area contributed by atoms with E-state index in [1.54, 1.807) is 14.9 Å². The molecule has 0 radical (unpaired) electrons. The molecule has 1 spiro atoms. The lowest BCUT2D eigenvalue weighted by atomic mass is 9.58. The number of piperidine rings is 1. The third kappa shape index (κ3) is 8.58. The molecule has 3 amide bonds. The zero-order valence-corrected chi connectivity index (χ0v) is 32.1. The second-order valence-corrected chi connectivity index (χ2v) is 17.2. The molecule has 3 aliphatic heterocycles. The number of carbonyl (C=O) groups is 2. The lowest BCUT2D eigenvalue weighted by Crippen LogP contribution is -2.63. The first-order valence-electron chi connectivity index (χ1n) is 19.0. The van der Waals surface area contributed by atoms with E-state index in [0.717, 1.165) is 82.1 Å². The Morgan fingerprint density at radius 3 is 2.18 bits per heavy atom. The third-order valence-electron chi connectivity index (χ3n) is 10.8. The summed E-state index contributed by atoms with van der Waals surface area (Å²) in [6.45, 7) is 16.1. The molecule has 14 nitrogen and oxygen atoms in total. The average Bonchev–Trinajstić information content (AvgIpc) is 3.58. The minimum absolute atomic E-state index is 0.0545. The highest BCUT2D eigenvalue weighted by Gasteiger charge is 2.56. The number of amides is 3. The van der Waals surface area contributed by atoms with Crippen LogP contribution in [0.15, 0.2) is 4.42 Å². The largest absolute Gasteiger partial charge is 0.444 e. The van der Waals surface area contributed by atoms with E-state index in [-0.39, 0.29) is 24.0 Å². The molecule has 4 heterocycles. The molecule has 2 atom stereocenters. The molecule has 284 valence electrons.